The number of benzene rings is 1. The molecular formula is C12H19N5O2. The highest BCUT2D eigenvalue weighted by molar-refractivity contribution is 5.93. The van der Waals surface area contributed by atoms with Gasteiger partial charge in [0, 0.05) is 7.11 Å². The Labute approximate surface area is 112 Å². The molecule has 0 saturated carbocycles. The molecule has 0 radical (unpaired) electrons. The second-order valence-electron chi connectivity index (χ2n) is 3.88. The standard InChI is InChI=1S/C12H19N5O2/c1-8(7-18-2)19-10-5-3-9(4-6-10)16-12(15)17-11(13)14/h3-6,8H,7H2,1-2H3,(H6,13,14,15,16,17). The van der Waals surface area contributed by atoms with Crippen LogP contribution in [0.3, 0.4) is 0 Å². The molecule has 1 aromatic rings. The number of methoxy groups -OCH3 is 1. The number of ether oxygens (including phenoxy) is 2. The van der Waals surface area contributed by atoms with Crippen molar-refractivity contribution in [2.45, 2.75) is 13.0 Å². The number of rotatable bonds is 5. The van der Waals surface area contributed by atoms with Crippen molar-refractivity contribution in [3.63, 3.8) is 0 Å². The van der Waals surface area contributed by atoms with E-state index in [4.69, 9.17) is 26.7 Å². The molecule has 6 N–H and O–H groups in total. The lowest BCUT2D eigenvalue weighted by Crippen LogP contribution is -2.26. The Morgan fingerprint density at radius 3 is 2.37 bits per heavy atom. The molecule has 1 rings (SSSR count). The van der Waals surface area contributed by atoms with E-state index in [0.717, 1.165) is 5.75 Å². The van der Waals surface area contributed by atoms with Gasteiger partial charge in [0.05, 0.1) is 12.3 Å². The Balaban J connectivity index is 2.69. The van der Waals surface area contributed by atoms with E-state index < -0.39 is 0 Å². The van der Waals surface area contributed by atoms with Crippen molar-refractivity contribution < 1.29 is 9.47 Å². The Morgan fingerprint density at radius 2 is 1.84 bits per heavy atom. The molecule has 104 valence electrons. The average molecular weight is 265 g/mol. The molecule has 0 spiro atoms. The lowest BCUT2D eigenvalue weighted by atomic mass is 10.3. The van der Waals surface area contributed by atoms with Crippen LogP contribution in [0.15, 0.2) is 34.3 Å². The van der Waals surface area contributed by atoms with Crippen LogP contribution in [-0.2, 0) is 4.74 Å². The van der Waals surface area contributed by atoms with E-state index in [2.05, 4.69) is 9.98 Å². The van der Waals surface area contributed by atoms with Gasteiger partial charge in [0.1, 0.15) is 11.9 Å². The molecule has 7 nitrogen and oxygen atoms in total. The van der Waals surface area contributed by atoms with Crippen LogP contribution in [0.5, 0.6) is 5.75 Å². The summed E-state index contributed by atoms with van der Waals surface area (Å²) in [5.74, 6) is 0.597. The van der Waals surface area contributed by atoms with Gasteiger partial charge in [-0.3, -0.25) is 0 Å². The Bertz CT molecular complexity index is 452. The van der Waals surface area contributed by atoms with E-state index in [-0.39, 0.29) is 18.0 Å². The molecule has 0 heterocycles. The lowest BCUT2D eigenvalue weighted by molar-refractivity contribution is 0.0921. The average Bonchev–Trinajstić information content (AvgIpc) is 2.31. The van der Waals surface area contributed by atoms with Crippen LogP contribution in [0.4, 0.5) is 5.69 Å². The normalized spacial score (nSPS) is 12.8. The zero-order valence-corrected chi connectivity index (χ0v) is 11.0. The van der Waals surface area contributed by atoms with Crippen LogP contribution in [0.2, 0.25) is 0 Å². The fourth-order valence-electron chi connectivity index (χ4n) is 1.39. The molecule has 19 heavy (non-hydrogen) atoms. The van der Waals surface area contributed by atoms with Gasteiger partial charge in [-0.05, 0) is 31.2 Å². The lowest BCUT2D eigenvalue weighted by Gasteiger charge is -2.13. The van der Waals surface area contributed by atoms with Crippen molar-refractivity contribution in [1.82, 2.24) is 0 Å². The van der Waals surface area contributed by atoms with E-state index in [9.17, 15) is 0 Å². The van der Waals surface area contributed by atoms with Gasteiger partial charge in [-0.1, -0.05) is 0 Å². The van der Waals surface area contributed by atoms with E-state index in [0.29, 0.717) is 12.3 Å². The van der Waals surface area contributed by atoms with Gasteiger partial charge in [0.15, 0.2) is 5.96 Å². The molecule has 0 saturated heterocycles. The van der Waals surface area contributed by atoms with Crippen LogP contribution < -0.4 is 21.9 Å². The third-order valence-corrected chi connectivity index (χ3v) is 2.06. The fourth-order valence-corrected chi connectivity index (χ4v) is 1.39. The maximum Gasteiger partial charge on any atom is 0.223 e. The maximum absolute atomic E-state index is 5.61. The molecule has 0 bridgehead atoms. The second-order valence-corrected chi connectivity index (χ2v) is 3.88. The van der Waals surface area contributed by atoms with Gasteiger partial charge >= 0.3 is 0 Å². The summed E-state index contributed by atoms with van der Waals surface area (Å²) in [5, 5.41) is 0. The molecule has 1 atom stereocenters. The zero-order chi connectivity index (χ0) is 14.3. The summed E-state index contributed by atoms with van der Waals surface area (Å²) < 4.78 is 10.6. The predicted octanol–water partition coefficient (Wildman–Crippen LogP) is 0.320. The first-order chi connectivity index (χ1) is 9.01. The quantitative estimate of drug-likeness (QED) is 0.523. The van der Waals surface area contributed by atoms with Crippen molar-refractivity contribution in [3.05, 3.63) is 24.3 Å². The highest BCUT2D eigenvalue weighted by Crippen LogP contribution is 2.19. The monoisotopic (exact) mass is 265 g/mol. The Hall–Kier alpha value is -2.28. The van der Waals surface area contributed by atoms with Gasteiger partial charge < -0.3 is 26.7 Å². The van der Waals surface area contributed by atoms with E-state index in [1.807, 2.05) is 6.92 Å². The molecule has 1 unspecified atom stereocenters. The summed E-state index contributed by atoms with van der Waals surface area (Å²) in [7, 11) is 1.63. The number of hydrogen-bond donors (Lipinski definition) is 3. The fraction of sp³-hybridized carbons (Fsp3) is 0.333. The van der Waals surface area contributed by atoms with Crippen molar-refractivity contribution >= 4 is 17.6 Å². The van der Waals surface area contributed by atoms with Crippen LogP contribution in [0, 0.1) is 0 Å². The number of nitrogens with two attached hydrogens (primary N) is 3. The third kappa shape index (κ3) is 5.73. The van der Waals surface area contributed by atoms with Gasteiger partial charge in [-0.15, -0.1) is 0 Å². The molecule has 0 aliphatic carbocycles. The summed E-state index contributed by atoms with van der Waals surface area (Å²) in [6, 6.07) is 7.08. The first kappa shape index (κ1) is 14.8. The van der Waals surface area contributed by atoms with Crippen molar-refractivity contribution in [2.24, 2.45) is 27.2 Å². The zero-order valence-electron chi connectivity index (χ0n) is 11.0. The SMILES string of the molecule is COCC(C)Oc1ccc(N=C(N)N=C(N)N)cc1. The van der Waals surface area contributed by atoms with Gasteiger partial charge in [0.2, 0.25) is 5.96 Å². The van der Waals surface area contributed by atoms with Crippen LogP contribution in [-0.4, -0.2) is 31.7 Å². The summed E-state index contributed by atoms with van der Waals surface area (Å²) in [6.45, 7) is 2.45. The smallest absolute Gasteiger partial charge is 0.223 e. The largest absolute Gasteiger partial charge is 0.488 e. The summed E-state index contributed by atoms with van der Waals surface area (Å²) in [4.78, 5) is 7.64. The van der Waals surface area contributed by atoms with Crippen molar-refractivity contribution in [3.8, 4) is 5.75 Å². The summed E-state index contributed by atoms with van der Waals surface area (Å²) in [5.41, 5.74) is 16.5. The molecular weight excluding hydrogens is 246 g/mol. The highest BCUT2D eigenvalue weighted by atomic mass is 16.5. The van der Waals surface area contributed by atoms with Gasteiger partial charge in [-0.25, -0.2) is 4.99 Å². The molecule has 7 heteroatoms. The van der Waals surface area contributed by atoms with Crippen molar-refractivity contribution in [1.29, 1.82) is 0 Å². The second kappa shape index (κ2) is 7.22. The first-order valence-electron chi connectivity index (χ1n) is 5.70. The highest BCUT2D eigenvalue weighted by Gasteiger charge is 2.03. The predicted molar refractivity (Wildman–Crippen MR) is 75.5 cm³/mol. The maximum atomic E-state index is 5.61. The van der Waals surface area contributed by atoms with Crippen LogP contribution in [0.1, 0.15) is 6.92 Å². The van der Waals surface area contributed by atoms with Gasteiger partial charge in [-0.2, -0.15) is 4.99 Å². The minimum atomic E-state index is -0.130. The Morgan fingerprint density at radius 1 is 1.21 bits per heavy atom. The molecule has 0 amide bonds. The third-order valence-electron chi connectivity index (χ3n) is 2.06. The molecule has 1 aromatic carbocycles. The van der Waals surface area contributed by atoms with Crippen LogP contribution >= 0.6 is 0 Å². The van der Waals surface area contributed by atoms with Gasteiger partial charge in [0.25, 0.3) is 0 Å². The first-order valence-corrected chi connectivity index (χ1v) is 5.70. The van der Waals surface area contributed by atoms with Crippen molar-refractivity contribution in [2.75, 3.05) is 13.7 Å². The molecule has 0 aliphatic rings. The number of guanidine groups is 2. The molecule has 0 aromatic heterocycles. The topological polar surface area (TPSA) is 121 Å². The minimum Gasteiger partial charge on any atom is -0.488 e. The number of aliphatic imine (C=N–C) groups is 2. The van der Waals surface area contributed by atoms with E-state index in [1.54, 1.807) is 31.4 Å². The van der Waals surface area contributed by atoms with Crippen LogP contribution in [0.25, 0.3) is 0 Å². The van der Waals surface area contributed by atoms with E-state index >= 15 is 0 Å². The number of hydrogen-bond acceptors (Lipinski definition) is 3. The minimum absolute atomic E-state index is 0.00131. The summed E-state index contributed by atoms with van der Waals surface area (Å²) in [6.07, 6.45) is -0.0222. The molecule has 0 fully saturated rings. The van der Waals surface area contributed by atoms with E-state index in [1.165, 1.54) is 0 Å². The number of nitrogens with zero attached hydrogens (tertiary/aromatic N) is 2. The molecule has 0 aliphatic heterocycles. The summed E-state index contributed by atoms with van der Waals surface area (Å²) >= 11 is 0. The Kier molecular flexibility index (Phi) is 5.62.